The Morgan fingerprint density at radius 1 is 1.44 bits per heavy atom. The molecule has 0 amide bonds. The van der Waals surface area contributed by atoms with E-state index in [2.05, 4.69) is 15.8 Å². The van der Waals surface area contributed by atoms with E-state index in [-0.39, 0.29) is 6.04 Å². The average Bonchev–Trinajstić information content (AvgIpc) is 2.81. The molecule has 2 saturated carbocycles. The van der Waals surface area contributed by atoms with Crippen molar-refractivity contribution in [2.45, 2.75) is 38.3 Å². The third-order valence-electron chi connectivity index (χ3n) is 4.60. The summed E-state index contributed by atoms with van der Waals surface area (Å²) in [6.07, 6.45) is 6.98. The molecular weight excluding hydrogens is 226 g/mol. The van der Waals surface area contributed by atoms with Crippen molar-refractivity contribution in [3.05, 3.63) is 18.0 Å². The van der Waals surface area contributed by atoms with Gasteiger partial charge in [-0.05, 0) is 49.5 Å². The van der Waals surface area contributed by atoms with Crippen molar-refractivity contribution < 1.29 is 4.74 Å². The molecule has 2 fully saturated rings. The van der Waals surface area contributed by atoms with Crippen LogP contribution in [0, 0.1) is 17.8 Å². The molecular formula is C14H23N3O. The van der Waals surface area contributed by atoms with E-state index >= 15 is 0 Å². The van der Waals surface area contributed by atoms with Gasteiger partial charge in [-0.25, -0.2) is 0 Å². The van der Waals surface area contributed by atoms with E-state index in [0.717, 1.165) is 31.4 Å². The molecule has 2 N–H and O–H groups in total. The predicted octanol–water partition coefficient (Wildman–Crippen LogP) is 1.97. The summed E-state index contributed by atoms with van der Waals surface area (Å²) in [6, 6.07) is 2.25. The van der Waals surface area contributed by atoms with Gasteiger partial charge in [-0.3, -0.25) is 4.68 Å². The Labute approximate surface area is 108 Å². The van der Waals surface area contributed by atoms with Crippen LogP contribution in [0.5, 0.6) is 0 Å². The summed E-state index contributed by atoms with van der Waals surface area (Å²) in [7, 11) is 1.74. The maximum absolute atomic E-state index is 6.44. The lowest BCUT2D eigenvalue weighted by molar-refractivity contribution is 0.188. The highest BCUT2D eigenvalue weighted by molar-refractivity contribution is 5.11. The van der Waals surface area contributed by atoms with Crippen LogP contribution in [-0.4, -0.2) is 23.5 Å². The minimum atomic E-state index is 0.169. The van der Waals surface area contributed by atoms with Gasteiger partial charge in [0.05, 0.1) is 5.69 Å². The molecule has 2 aliphatic carbocycles. The molecule has 3 unspecified atom stereocenters. The van der Waals surface area contributed by atoms with Gasteiger partial charge in [-0.15, -0.1) is 0 Å². The summed E-state index contributed by atoms with van der Waals surface area (Å²) < 4.78 is 7.15. The molecule has 1 heterocycles. The second kappa shape index (κ2) is 5.02. The van der Waals surface area contributed by atoms with Crippen LogP contribution in [0.3, 0.4) is 0 Å². The summed E-state index contributed by atoms with van der Waals surface area (Å²) in [5.74, 6) is 2.66. The van der Waals surface area contributed by atoms with Crippen molar-refractivity contribution in [3.8, 4) is 0 Å². The van der Waals surface area contributed by atoms with Gasteiger partial charge < -0.3 is 10.5 Å². The number of aromatic nitrogens is 2. The van der Waals surface area contributed by atoms with Crippen LogP contribution in [-0.2, 0) is 11.3 Å². The highest BCUT2D eigenvalue weighted by atomic mass is 16.5. The fourth-order valence-electron chi connectivity index (χ4n) is 3.47. The zero-order valence-corrected chi connectivity index (χ0v) is 11.1. The standard InChI is InChI=1S/C14H23N3O/c1-18-6-2-5-17-13(3-4-16-17)14(15)12-8-10-7-11(10)9-12/h3-4,10-12,14H,2,5-9,15H2,1H3. The third kappa shape index (κ3) is 2.31. The maximum atomic E-state index is 6.44. The SMILES string of the molecule is COCCCn1nccc1C(N)C1CC2CC2C1. The zero-order valence-electron chi connectivity index (χ0n) is 11.1. The Hall–Kier alpha value is -0.870. The van der Waals surface area contributed by atoms with Gasteiger partial charge in [-0.2, -0.15) is 5.10 Å². The van der Waals surface area contributed by atoms with Gasteiger partial charge in [0, 0.05) is 32.5 Å². The van der Waals surface area contributed by atoms with Gasteiger partial charge in [-0.1, -0.05) is 0 Å². The van der Waals surface area contributed by atoms with Gasteiger partial charge in [0.1, 0.15) is 0 Å². The van der Waals surface area contributed by atoms with Gasteiger partial charge >= 0.3 is 0 Å². The summed E-state index contributed by atoms with van der Waals surface area (Å²) in [5, 5.41) is 4.39. The van der Waals surface area contributed by atoms with Crippen LogP contribution < -0.4 is 5.73 Å². The Balaban J connectivity index is 1.62. The van der Waals surface area contributed by atoms with Gasteiger partial charge in [0.15, 0.2) is 0 Å². The zero-order chi connectivity index (χ0) is 12.5. The molecule has 0 radical (unpaired) electrons. The second-order valence-electron chi connectivity index (χ2n) is 5.84. The lowest BCUT2D eigenvalue weighted by Gasteiger charge is -2.21. The molecule has 1 aromatic rings. The molecule has 0 aromatic carbocycles. The van der Waals surface area contributed by atoms with E-state index in [1.807, 2.05) is 6.20 Å². The third-order valence-corrected chi connectivity index (χ3v) is 4.60. The first kappa shape index (κ1) is 12.2. The van der Waals surface area contributed by atoms with E-state index in [1.165, 1.54) is 25.0 Å². The first-order valence-corrected chi connectivity index (χ1v) is 7.06. The molecule has 3 atom stereocenters. The monoisotopic (exact) mass is 249 g/mol. The Morgan fingerprint density at radius 3 is 2.94 bits per heavy atom. The first-order valence-electron chi connectivity index (χ1n) is 7.06. The van der Waals surface area contributed by atoms with E-state index in [0.29, 0.717) is 5.92 Å². The van der Waals surface area contributed by atoms with Crippen LogP contribution in [0.25, 0.3) is 0 Å². The molecule has 0 saturated heterocycles. The first-order chi connectivity index (χ1) is 8.79. The summed E-state index contributed by atoms with van der Waals surface area (Å²) in [6.45, 7) is 1.69. The topological polar surface area (TPSA) is 53.1 Å². The van der Waals surface area contributed by atoms with Crippen LogP contribution >= 0.6 is 0 Å². The molecule has 2 aliphatic rings. The lowest BCUT2D eigenvalue weighted by Crippen LogP contribution is -2.24. The number of rotatable bonds is 6. The minimum absolute atomic E-state index is 0.169. The summed E-state index contributed by atoms with van der Waals surface area (Å²) in [5.41, 5.74) is 7.65. The van der Waals surface area contributed by atoms with Gasteiger partial charge in [0.25, 0.3) is 0 Å². The van der Waals surface area contributed by atoms with Crippen LogP contribution in [0.4, 0.5) is 0 Å². The fraction of sp³-hybridized carbons (Fsp3) is 0.786. The number of aryl methyl sites for hydroxylation is 1. The molecule has 0 aliphatic heterocycles. The largest absolute Gasteiger partial charge is 0.385 e. The van der Waals surface area contributed by atoms with Gasteiger partial charge in [0.2, 0.25) is 0 Å². The quantitative estimate of drug-likeness (QED) is 0.784. The maximum Gasteiger partial charge on any atom is 0.0554 e. The molecule has 18 heavy (non-hydrogen) atoms. The van der Waals surface area contributed by atoms with Crippen molar-refractivity contribution in [2.24, 2.45) is 23.5 Å². The van der Waals surface area contributed by atoms with Crippen molar-refractivity contribution in [3.63, 3.8) is 0 Å². The highest BCUT2D eigenvalue weighted by Gasteiger charge is 2.47. The minimum Gasteiger partial charge on any atom is -0.385 e. The van der Waals surface area contributed by atoms with Crippen molar-refractivity contribution in [2.75, 3.05) is 13.7 Å². The smallest absolute Gasteiger partial charge is 0.0554 e. The van der Waals surface area contributed by atoms with Crippen molar-refractivity contribution in [1.82, 2.24) is 9.78 Å². The fourth-order valence-corrected chi connectivity index (χ4v) is 3.47. The number of fused-ring (bicyclic) bond motifs is 1. The number of nitrogens with two attached hydrogens (primary N) is 1. The normalized spacial score (nSPS) is 31.3. The van der Waals surface area contributed by atoms with E-state index in [1.54, 1.807) is 7.11 Å². The Morgan fingerprint density at radius 2 is 2.22 bits per heavy atom. The number of methoxy groups -OCH3 is 1. The number of nitrogens with zero attached hydrogens (tertiary/aromatic N) is 2. The van der Waals surface area contributed by atoms with Crippen LogP contribution in [0.2, 0.25) is 0 Å². The lowest BCUT2D eigenvalue weighted by atomic mass is 9.93. The molecule has 0 spiro atoms. The van der Waals surface area contributed by atoms with E-state index in [4.69, 9.17) is 10.5 Å². The van der Waals surface area contributed by atoms with Crippen LogP contribution in [0.1, 0.15) is 37.4 Å². The highest BCUT2D eigenvalue weighted by Crippen LogP contribution is 2.56. The van der Waals surface area contributed by atoms with Crippen molar-refractivity contribution in [1.29, 1.82) is 0 Å². The summed E-state index contributed by atoms with van der Waals surface area (Å²) in [4.78, 5) is 0. The van der Waals surface area contributed by atoms with Crippen LogP contribution in [0.15, 0.2) is 12.3 Å². The molecule has 1 aromatic heterocycles. The molecule has 3 rings (SSSR count). The van der Waals surface area contributed by atoms with E-state index < -0.39 is 0 Å². The molecule has 4 nitrogen and oxygen atoms in total. The predicted molar refractivity (Wildman–Crippen MR) is 70.0 cm³/mol. The Kier molecular flexibility index (Phi) is 3.39. The van der Waals surface area contributed by atoms with Crippen molar-refractivity contribution >= 4 is 0 Å². The molecule has 0 bridgehead atoms. The molecule has 100 valence electrons. The number of hydrogen-bond donors (Lipinski definition) is 1. The summed E-state index contributed by atoms with van der Waals surface area (Å²) >= 11 is 0. The number of ether oxygens (including phenoxy) is 1. The average molecular weight is 249 g/mol. The van der Waals surface area contributed by atoms with E-state index in [9.17, 15) is 0 Å². The number of hydrogen-bond acceptors (Lipinski definition) is 3. The Bertz CT molecular complexity index is 393. The second-order valence-corrected chi connectivity index (χ2v) is 5.84. The molecule has 4 heteroatoms.